The van der Waals surface area contributed by atoms with E-state index in [4.69, 9.17) is 12.6 Å². The Bertz CT molecular complexity index is 887. The molecule has 1 amide bonds. The first-order valence-corrected chi connectivity index (χ1v) is 11.2. The van der Waals surface area contributed by atoms with Crippen molar-refractivity contribution < 1.29 is 19.5 Å². The molecule has 0 aromatic carbocycles. The monoisotopic (exact) mass is 448 g/mol. The van der Waals surface area contributed by atoms with E-state index >= 15 is 0 Å². The van der Waals surface area contributed by atoms with E-state index in [9.17, 15) is 19.5 Å². The lowest BCUT2D eigenvalue weighted by Crippen LogP contribution is -2.38. The molecule has 0 spiro atoms. The Morgan fingerprint density at radius 2 is 2.07 bits per heavy atom. The largest absolute Gasteiger partial charge is 0.481 e. The van der Waals surface area contributed by atoms with Crippen molar-refractivity contribution in [3.63, 3.8) is 0 Å². The van der Waals surface area contributed by atoms with Gasteiger partial charge in [0.2, 0.25) is 5.91 Å². The van der Waals surface area contributed by atoms with Crippen LogP contribution in [0.1, 0.15) is 63.2 Å². The number of carboxylic acids is 1. The molecule has 0 fully saturated rings. The number of allylic oxidation sites excluding steroid dienone is 5. The van der Waals surface area contributed by atoms with Gasteiger partial charge in [-0.05, 0) is 38.8 Å². The Morgan fingerprint density at radius 3 is 2.77 bits per heavy atom. The van der Waals surface area contributed by atoms with E-state index in [1.807, 2.05) is 25.3 Å². The molecule has 2 heterocycles. The van der Waals surface area contributed by atoms with Crippen LogP contribution in [0.3, 0.4) is 0 Å². The second kappa shape index (κ2) is 10.7. The van der Waals surface area contributed by atoms with E-state index in [2.05, 4.69) is 10.3 Å². The highest BCUT2D eigenvalue weighted by Crippen LogP contribution is 2.37. The summed E-state index contributed by atoms with van der Waals surface area (Å²) >= 11 is 6.15. The molecule has 1 aliphatic heterocycles. The number of aromatic nitrogens is 1. The Balaban J connectivity index is 2.31. The molecule has 2 N–H and O–H groups in total. The lowest BCUT2D eigenvalue weighted by Gasteiger charge is -2.33. The molecule has 162 valence electrons. The maximum atomic E-state index is 12.5. The first kappa shape index (κ1) is 24.1. The molecule has 1 aromatic rings. The number of hydrogen-bond acceptors (Lipinski definition) is 6. The standard InChI is InChI=1S/C22H28N2O4S2/c1-14-8-9-18(25)7-5-4-6-17-13-30-20(24-17)16(3)23-19(26)10-11-22(29,12-14)15(2)21(27)28/h4-8,13,15-16,29H,9-12H2,1-3H3,(H,23,26)(H,27,28)/b6-4-,7-5+,14-8+/t15?,16-,22-/m1/s1. The summed E-state index contributed by atoms with van der Waals surface area (Å²) in [5.41, 5.74) is 1.63. The van der Waals surface area contributed by atoms with E-state index in [1.54, 1.807) is 25.2 Å². The summed E-state index contributed by atoms with van der Waals surface area (Å²) in [7, 11) is 0. The third kappa shape index (κ3) is 6.95. The highest BCUT2D eigenvalue weighted by molar-refractivity contribution is 7.81. The number of carboxylic acid groups (broad SMARTS) is 1. The van der Waals surface area contributed by atoms with Crippen LogP contribution >= 0.6 is 24.0 Å². The summed E-state index contributed by atoms with van der Waals surface area (Å²) in [6.07, 6.45) is 9.60. The van der Waals surface area contributed by atoms with Gasteiger partial charge < -0.3 is 10.4 Å². The third-order valence-corrected chi connectivity index (χ3v) is 6.96. The normalized spacial score (nSPS) is 28.9. The minimum atomic E-state index is -0.963. The van der Waals surface area contributed by atoms with Gasteiger partial charge in [-0.3, -0.25) is 14.4 Å². The summed E-state index contributed by atoms with van der Waals surface area (Å²) in [4.78, 5) is 40.7. The van der Waals surface area contributed by atoms with Gasteiger partial charge in [-0.25, -0.2) is 4.98 Å². The molecule has 1 unspecified atom stereocenters. The van der Waals surface area contributed by atoms with Crippen LogP contribution in [0, 0.1) is 5.92 Å². The van der Waals surface area contributed by atoms with Gasteiger partial charge in [0, 0.05) is 23.0 Å². The van der Waals surface area contributed by atoms with Crippen LogP contribution in [0.4, 0.5) is 0 Å². The lowest BCUT2D eigenvalue weighted by atomic mass is 9.83. The molecular formula is C22H28N2O4S2. The van der Waals surface area contributed by atoms with Gasteiger partial charge in [0.25, 0.3) is 0 Å². The summed E-state index contributed by atoms with van der Waals surface area (Å²) in [6.45, 7) is 5.32. The Labute approximate surface area is 186 Å². The van der Waals surface area contributed by atoms with Gasteiger partial charge in [-0.1, -0.05) is 30.7 Å². The van der Waals surface area contributed by atoms with Crippen molar-refractivity contribution in [2.24, 2.45) is 5.92 Å². The number of fused-ring (bicyclic) bond motifs is 2. The quantitative estimate of drug-likeness (QED) is 0.461. The van der Waals surface area contributed by atoms with Crippen molar-refractivity contribution in [1.82, 2.24) is 10.3 Å². The van der Waals surface area contributed by atoms with Gasteiger partial charge in [0.1, 0.15) is 5.01 Å². The maximum Gasteiger partial charge on any atom is 0.307 e. The van der Waals surface area contributed by atoms with Gasteiger partial charge >= 0.3 is 5.97 Å². The molecule has 1 aromatic heterocycles. The van der Waals surface area contributed by atoms with Crippen molar-refractivity contribution in [3.05, 3.63) is 46.0 Å². The highest BCUT2D eigenvalue weighted by atomic mass is 32.1. The van der Waals surface area contributed by atoms with Crippen LogP contribution < -0.4 is 5.32 Å². The molecule has 0 saturated heterocycles. The molecular weight excluding hydrogens is 420 g/mol. The number of carbonyl (C=O) groups excluding carboxylic acids is 2. The number of thiol groups is 1. The fourth-order valence-electron chi connectivity index (χ4n) is 3.18. The number of ketones is 1. The van der Waals surface area contributed by atoms with Gasteiger partial charge in [-0.2, -0.15) is 12.6 Å². The minimum absolute atomic E-state index is 0.0527. The molecule has 30 heavy (non-hydrogen) atoms. The lowest BCUT2D eigenvalue weighted by molar-refractivity contribution is -0.142. The first-order chi connectivity index (χ1) is 14.1. The number of nitrogens with zero attached hydrogens (tertiary/aromatic N) is 1. The van der Waals surface area contributed by atoms with E-state index < -0.39 is 16.6 Å². The summed E-state index contributed by atoms with van der Waals surface area (Å²) in [5.74, 6) is -1.95. The first-order valence-electron chi connectivity index (χ1n) is 9.84. The van der Waals surface area contributed by atoms with Gasteiger partial charge in [0.05, 0.1) is 17.7 Å². The molecule has 8 heteroatoms. The number of thiazole rings is 1. The average molecular weight is 449 g/mol. The zero-order chi connectivity index (χ0) is 22.3. The smallest absolute Gasteiger partial charge is 0.307 e. The van der Waals surface area contributed by atoms with E-state index in [-0.39, 0.29) is 30.6 Å². The fourth-order valence-corrected chi connectivity index (χ4v) is 4.45. The molecule has 0 radical (unpaired) electrons. The molecule has 2 rings (SSSR count). The third-order valence-electron chi connectivity index (χ3n) is 5.15. The summed E-state index contributed by atoms with van der Waals surface area (Å²) in [6, 6.07) is -0.256. The molecule has 0 saturated carbocycles. The number of rotatable bonds is 2. The van der Waals surface area contributed by atoms with Crippen molar-refractivity contribution in [2.45, 2.75) is 57.2 Å². The van der Waals surface area contributed by atoms with E-state index in [0.717, 1.165) is 16.3 Å². The molecule has 0 aliphatic carbocycles. The van der Waals surface area contributed by atoms with Crippen LogP contribution in [0.2, 0.25) is 0 Å². The second-order valence-electron chi connectivity index (χ2n) is 7.68. The predicted molar refractivity (Wildman–Crippen MR) is 123 cm³/mol. The molecule has 1 aliphatic rings. The Hall–Kier alpha value is -2.19. The van der Waals surface area contributed by atoms with E-state index in [1.165, 1.54) is 17.4 Å². The van der Waals surface area contributed by atoms with Gasteiger partial charge in [-0.15, -0.1) is 11.3 Å². The Kier molecular flexibility index (Phi) is 8.61. The van der Waals surface area contributed by atoms with E-state index in [0.29, 0.717) is 12.8 Å². The predicted octanol–water partition coefficient (Wildman–Crippen LogP) is 4.37. The van der Waals surface area contributed by atoms with Crippen molar-refractivity contribution >= 4 is 47.7 Å². The van der Waals surface area contributed by atoms with Crippen LogP contribution in [0.25, 0.3) is 6.08 Å². The topological polar surface area (TPSA) is 96.4 Å². The number of hydrogen-bond donors (Lipinski definition) is 3. The molecule has 6 nitrogen and oxygen atoms in total. The molecule has 3 atom stereocenters. The summed E-state index contributed by atoms with van der Waals surface area (Å²) < 4.78 is -0.908. The summed E-state index contributed by atoms with van der Waals surface area (Å²) in [5, 5.41) is 15.1. The number of aliphatic carboxylic acids is 1. The van der Waals surface area contributed by atoms with Crippen molar-refractivity contribution in [3.8, 4) is 0 Å². The van der Waals surface area contributed by atoms with Crippen molar-refractivity contribution in [2.75, 3.05) is 0 Å². The van der Waals surface area contributed by atoms with Crippen molar-refractivity contribution in [1.29, 1.82) is 0 Å². The average Bonchev–Trinajstić information content (AvgIpc) is 3.16. The Morgan fingerprint density at radius 1 is 1.37 bits per heavy atom. The highest BCUT2D eigenvalue weighted by Gasteiger charge is 2.37. The van der Waals surface area contributed by atoms with Gasteiger partial charge in [0.15, 0.2) is 5.78 Å². The minimum Gasteiger partial charge on any atom is -0.481 e. The van der Waals surface area contributed by atoms with Crippen LogP contribution in [0.5, 0.6) is 0 Å². The zero-order valence-electron chi connectivity index (χ0n) is 17.4. The van der Waals surface area contributed by atoms with Crippen LogP contribution in [-0.2, 0) is 14.4 Å². The zero-order valence-corrected chi connectivity index (χ0v) is 19.1. The second-order valence-corrected chi connectivity index (χ2v) is 9.46. The molecule has 2 bridgehead atoms. The maximum absolute atomic E-state index is 12.5. The van der Waals surface area contributed by atoms with Crippen LogP contribution in [-0.4, -0.2) is 32.5 Å². The number of carbonyl (C=O) groups is 3. The SMILES string of the molecule is C/C1=C\CC(=O)/C=C/C=C\c2csc(n2)[C@@H](C)NC(=O)CC[C@](S)(C(C)C(=O)O)C1. The number of amides is 1. The number of nitrogens with one attached hydrogen (secondary N) is 1. The fraction of sp³-hybridized carbons (Fsp3) is 0.455. The van der Waals surface area contributed by atoms with Crippen LogP contribution in [0.15, 0.2) is 35.3 Å².